The first kappa shape index (κ1) is 16.9. The Labute approximate surface area is 129 Å². The molecule has 0 aromatic carbocycles. The summed E-state index contributed by atoms with van der Waals surface area (Å²) >= 11 is 1.48. The van der Waals surface area contributed by atoms with Crippen LogP contribution in [0.2, 0.25) is 0 Å². The molecule has 0 aliphatic rings. The van der Waals surface area contributed by atoms with Crippen LogP contribution < -0.4 is 5.32 Å². The maximum atomic E-state index is 13.3. The number of thiazole rings is 1. The Hall–Kier alpha value is -1.45. The zero-order valence-corrected chi connectivity index (χ0v) is 13.0. The van der Waals surface area contributed by atoms with Crippen LogP contribution >= 0.6 is 11.3 Å². The highest BCUT2D eigenvalue weighted by Gasteiger charge is 2.56. The summed E-state index contributed by atoms with van der Waals surface area (Å²) in [5.41, 5.74) is -2.20. The third-order valence-electron chi connectivity index (χ3n) is 3.30. The van der Waals surface area contributed by atoms with Crippen molar-refractivity contribution in [2.75, 3.05) is 6.54 Å². The van der Waals surface area contributed by atoms with Crippen molar-refractivity contribution in [3.05, 3.63) is 34.3 Å². The third kappa shape index (κ3) is 3.47. The molecule has 0 spiro atoms. The Kier molecular flexibility index (Phi) is 4.88. The highest BCUT2D eigenvalue weighted by atomic mass is 32.1. The minimum absolute atomic E-state index is 0.0144. The molecule has 22 heavy (non-hydrogen) atoms. The van der Waals surface area contributed by atoms with E-state index in [-0.39, 0.29) is 6.54 Å². The van der Waals surface area contributed by atoms with E-state index in [1.165, 1.54) is 35.3 Å². The van der Waals surface area contributed by atoms with Gasteiger partial charge in [-0.1, -0.05) is 0 Å². The molecule has 5 nitrogen and oxygen atoms in total. The van der Waals surface area contributed by atoms with Crippen LogP contribution in [0.1, 0.15) is 22.9 Å². The largest absolute Gasteiger partial charge is 0.424 e. The van der Waals surface area contributed by atoms with Gasteiger partial charge in [0.15, 0.2) is 0 Å². The number of hydrogen-bond donors (Lipinski definition) is 2. The molecule has 122 valence electrons. The van der Waals surface area contributed by atoms with E-state index in [4.69, 9.17) is 0 Å². The molecule has 2 aromatic rings. The van der Waals surface area contributed by atoms with Crippen LogP contribution in [0.3, 0.4) is 0 Å². The summed E-state index contributed by atoms with van der Waals surface area (Å²) in [6.45, 7) is 2.20. The molecule has 0 amide bonds. The first-order valence-corrected chi connectivity index (χ1v) is 7.50. The Morgan fingerprint density at radius 2 is 2.14 bits per heavy atom. The predicted octanol–water partition coefficient (Wildman–Crippen LogP) is 2.11. The summed E-state index contributed by atoms with van der Waals surface area (Å²) < 4.78 is 41.0. The Morgan fingerprint density at radius 3 is 2.64 bits per heavy atom. The molecule has 0 aliphatic heterocycles. The van der Waals surface area contributed by atoms with Crippen LogP contribution in [-0.2, 0) is 19.2 Å². The molecule has 2 rings (SSSR count). The summed E-state index contributed by atoms with van der Waals surface area (Å²) in [5, 5.41) is 15.7. The number of aryl methyl sites for hydroxylation is 2. The average Bonchev–Trinajstić information content (AvgIpc) is 3.02. The number of rotatable bonds is 6. The molecule has 0 aliphatic carbocycles. The van der Waals surface area contributed by atoms with E-state index in [9.17, 15) is 18.3 Å². The van der Waals surface area contributed by atoms with Crippen molar-refractivity contribution in [2.45, 2.75) is 31.7 Å². The number of aromatic nitrogens is 3. The van der Waals surface area contributed by atoms with E-state index in [0.29, 0.717) is 6.54 Å². The van der Waals surface area contributed by atoms with E-state index in [1.807, 2.05) is 12.3 Å². The molecular formula is C13H17F3N4OS. The zero-order chi connectivity index (χ0) is 16.4. The van der Waals surface area contributed by atoms with Gasteiger partial charge in [0.1, 0.15) is 5.82 Å². The number of alkyl halides is 3. The standard InChI is InChI=1S/C13H17F3N4OS/c1-9-19-10(8-22-9)7-17-4-3-12(21,13(14,15)16)11-18-5-6-20(11)2/h5-6,8,17,21H,3-4,7H2,1-2H3. The predicted molar refractivity (Wildman–Crippen MR) is 76.3 cm³/mol. The fourth-order valence-corrected chi connectivity index (χ4v) is 2.73. The van der Waals surface area contributed by atoms with Gasteiger partial charge < -0.3 is 15.0 Å². The van der Waals surface area contributed by atoms with Crippen LogP contribution in [0.15, 0.2) is 17.8 Å². The third-order valence-corrected chi connectivity index (χ3v) is 4.12. The summed E-state index contributed by atoms with van der Waals surface area (Å²) in [7, 11) is 1.42. The van der Waals surface area contributed by atoms with E-state index in [0.717, 1.165) is 10.7 Å². The summed E-state index contributed by atoms with van der Waals surface area (Å²) in [5.74, 6) is -0.411. The van der Waals surface area contributed by atoms with E-state index >= 15 is 0 Å². The minimum atomic E-state index is -4.80. The van der Waals surface area contributed by atoms with Crippen LogP contribution in [0.5, 0.6) is 0 Å². The lowest BCUT2D eigenvalue weighted by molar-refractivity contribution is -0.272. The van der Waals surface area contributed by atoms with E-state index in [2.05, 4.69) is 15.3 Å². The molecular weight excluding hydrogens is 317 g/mol. The second-order valence-electron chi connectivity index (χ2n) is 5.00. The first-order valence-electron chi connectivity index (χ1n) is 6.62. The lowest BCUT2D eigenvalue weighted by Crippen LogP contribution is -2.46. The number of hydrogen-bond acceptors (Lipinski definition) is 5. The molecule has 0 radical (unpaired) electrons. The molecule has 0 saturated heterocycles. The molecule has 0 saturated carbocycles. The molecule has 1 atom stereocenters. The fraction of sp³-hybridized carbons (Fsp3) is 0.538. The molecule has 2 N–H and O–H groups in total. The topological polar surface area (TPSA) is 63.0 Å². The summed E-state index contributed by atoms with van der Waals surface area (Å²) in [6, 6.07) is 0. The van der Waals surface area contributed by atoms with Crippen molar-refractivity contribution in [3.8, 4) is 0 Å². The van der Waals surface area contributed by atoms with Crippen LogP contribution in [0, 0.1) is 6.92 Å². The van der Waals surface area contributed by atoms with Crippen LogP contribution in [-0.4, -0.2) is 32.4 Å². The number of halogens is 3. The fourth-order valence-electron chi connectivity index (χ4n) is 2.12. The zero-order valence-electron chi connectivity index (χ0n) is 12.2. The molecule has 9 heteroatoms. The summed E-state index contributed by atoms with van der Waals surface area (Å²) in [4.78, 5) is 7.86. The average molecular weight is 334 g/mol. The lowest BCUT2D eigenvalue weighted by atomic mass is 9.97. The van der Waals surface area contributed by atoms with Gasteiger partial charge in [-0.05, 0) is 13.5 Å². The molecule has 2 heterocycles. The van der Waals surface area contributed by atoms with Gasteiger partial charge >= 0.3 is 6.18 Å². The van der Waals surface area contributed by atoms with Gasteiger partial charge in [-0.25, -0.2) is 9.97 Å². The molecule has 2 aromatic heterocycles. The van der Waals surface area contributed by atoms with Gasteiger partial charge in [-0.15, -0.1) is 11.3 Å². The number of nitrogens with one attached hydrogen (secondary N) is 1. The Morgan fingerprint density at radius 1 is 1.41 bits per heavy atom. The highest BCUT2D eigenvalue weighted by molar-refractivity contribution is 7.09. The maximum absolute atomic E-state index is 13.3. The van der Waals surface area contributed by atoms with Gasteiger partial charge in [-0.2, -0.15) is 13.2 Å². The lowest BCUT2D eigenvalue weighted by Gasteiger charge is -2.30. The van der Waals surface area contributed by atoms with Crippen LogP contribution in [0.4, 0.5) is 13.2 Å². The van der Waals surface area contributed by atoms with Crippen molar-refractivity contribution < 1.29 is 18.3 Å². The van der Waals surface area contributed by atoms with Gasteiger partial charge in [-0.3, -0.25) is 0 Å². The van der Waals surface area contributed by atoms with Crippen molar-refractivity contribution in [1.82, 2.24) is 19.9 Å². The van der Waals surface area contributed by atoms with E-state index < -0.39 is 24.0 Å². The van der Waals surface area contributed by atoms with Crippen molar-refractivity contribution in [2.24, 2.45) is 7.05 Å². The minimum Gasteiger partial charge on any atom is -0.374 e. The Bertz CT molecular complexity index is 625. The highest BCUT2D eigenvalue weighted by Crippen LogP contribution is 2.40. The van der Waals surface area contributed by atoms with Gasteiger partial charge in [0.05, 0.1) is 10.7 Å². The van der Waals surface area contributed by atoms with Gasteiger partial charge in [0.25, 0.3) is 0 Å². The second-order valence-corrected chi connectivity index (χ2v) is 6.07. The monoisotopic (exact) mass is 334 g/mol. The Balaban J connectivity index is 2.01. The van der Waals surface area contributed by atoms with Crippen LogP contribution in [0.25, 0.3) is 0 Å². The SMILES string of the molecule is Cc1nc(CNCCC(O)(c2nccn2C)C(F)(F)F)cs1. The molecule has 0 bridgehead atoms. The number of imidazole rings is 1. The maximum Gasteiger partial charge on any atom is 0.424 e. The number of nitrogens with zero attached hydrogens (tertiary/aromatic N) is 3. The van der Waals surface area contributed by atoms with E-state index in [1.54, 1.807) is 0 Å². The smallest absolute Gasteiger partial charge is 0.374 e. The summed E-state index contributed by atoms with van der Waals surface area (Å²) in [6.07, 6.45) is -2.72. The molecule has 0 fully saturated rings. The normalized spacial score (nSPS) is 15.0. The first-order chi connectivity index (χ1) is 10.2. The molecule has 1 unspecified atom stereocenters. The van der Waals surface area contributed by atoms with Crippen molar-refractivity contribution in [3.63, 3.8) is 0 Å². The van der Waals surface area contributed by atoms with Crippen molar-refractivity contribution >= 4 is 11.3 Å². The van der Waals surface area contributed by atoms with Gasteiger partial charge in [0.2, 0.25) is 5.60 Å². The second kappa shape index (κ2) is 6.35. The van der Waals surface area contributed by atoms with Gasteiger partial charge in [0, 0.05) is 37.8 Å². The number of aliphatic hydroxyl groups is 1. The van der Waals surface area contributed by atoms with Crippen molar-refractivity contribution in [1.29, 1.82) is 0 Å². The quantitative estimate of drug-likeness (QED) is 0.795.